The zero-order valence-corrected chi connectivity index (χ0v) is 15.4. The molecule has 1 saturated heterocycles. The molecule has 0 aliphatic carbocycles. The Morgan fingerprint density at radius 2 is 1.82 bits per heavy atom. The molecule has 1 unspecified atom stereocenters. The summed E-state index contributed by atoms with van der Waals surface area (Å²) >= 11 is 0. The fraction of sp³-hybridized carbons (Fsp3) is 0.250. The van der Waals surface area contributed by atoms with Crippen LogP contribution in [0.3, 0.4) is 0 Å². The molecule has 4 rings (SSSR count). The van der Waals surface area contributed by atoms with E-state index in [1.165, 1.54) is 15.5 Å². The fourth-order valence-electron chi connectivity index (χ4n) is 3.44. The molecular formula is C20H19N5O3. The predicted molar refractivity (Wildman–Crippen MR) is 101 cm³/mol. The van der Waals surface area contributed by atoms with Crippen molar-refractivity contribution in [1.29, 1.82) is 0 Å². The second-order valence-corrected chi connectivity index (χ2v) is 6.73. The number of fused-ring (bicyclic) bond motifs is 1. The molecule has 0 saturated carbocycles. The monoisotopic (exact) mass is 377 g/mol. The summed E-state index contributed by atoms with van der Waals surface area (Å²) in [5.41, 5.74) is 0.798. The van der Waals surface area contributed by atoms with E-state index >= 15 is 0 Å². The van der Waals surface area contributed by atoms with Gasteiger partial charge in [-0.1, -0.05) is 18.2 Å². The molecule has 1 aliphatic rings. The van der Waals surface area contributed by atoms with E-state index in [4.69, 9.17) is 0 Å². The maximum Gasteiger partial charge on any atom is 0.296 e. The Bertz CT molecular complexity index is 1050. The molecule has 1 aliphatic heterocycles. The Morgan fingerprint density at radius 3 is 2.57 bits per heavy atom. The number of hydrogen-bond donors (Lipinski definition) is 0. The van der Waals surface area contributed by atoms with Crippen LogP contribution in [-0.2, 0) is 4.79 Å². The molecule has 28 heavy (non-hydrogen) atoms. The topological polar surface area (TPSA) is 87.9 Å². The molecule has 0 radical (unpaired) electrons. The third-order valence-electron chi connectivity index (χ3n) is 4.91. The van der Waals surface area contributed by atoms with Crippen LogP contribution in [0.1, 0.15) is 27.8 Å². The van der Waals surface area contributed by atoms with Gasteiger partial charge in [0.2, 0.25) is 5.78 Å². The molecule has 0 bridgehead atoms. The SMILES string of the molecule is CC1CN(C(=O)c2ccccc2)CCN1C(=O)C(=O)c1cnc2ncccn12. The van der Waals surface area contributed by atoms with Crippen LogP contribution in [-0.4, -0.2) is 67.4 Å². The number of benzene rings is 1. The summed E-state index contributed by atoms with van der Waals surface area (Å²) in [5, 5.41) is 0. The number of ketones is 1. The third kappa shape index (κ3) is 3.13. The van der Waals surface area contributed by atoms with Crippen LogP contribution in [0.5, 0.6) is 0 Å². The first kappa shape index (κ1) is 17.8. The Hall–Kier alpha value is -3.55. The van der Waals surface area contributed by atoms with Crippen LogP contribution in [0.2, 0.25) is 0 Å². The van der Waals surface area contributed by atoms with Gasteiger partial charge in [0.1, 0.15) is 5.69 Å². The Morgan fingerprint density at radius 1 is 1.04 bits per heavy atom. The van der Waals surface area contributed by atoms with Crippen molar-refractivity contribution in [3.05, 3.63) is 66.2 Å². The number of carbonyl (C=O) groups excluding carboxylic acids is 3. The number of amides is 2. The normalized spacial score (nSPS) is 17.0. The van der Waals surface area contributed by atoms with Gasteiger partial charge in [0, 0.05) is 43.6 Å². The first-order valence-corrected chi connectivity index (χ1v) is 9.04. The number of imidazole rings is 1. The van der Waals surface area contributed by atoms with Crippen LogP contribution in [0, 0.1) is 0 Å². The smallest absolute Gasteiger partial charge is 0.296 e. The highest BCUT2D eigenvalue weighted by Crippen LogP contribution is 2.15. The molecule has 3 heterocycles. The summed E-state index contributed by atoms with van der Waals surface area (Å²) in [4.78, 5) is 49.5. The Labute approximate surface area is 161 Å². The summed E-state index contributed by atoms with van der Waals surface area (Å²) in [6, 6.07) is 10.4. The van der Waals surface area contributed by atoms with Gasteiger partial charge in [0.25, 0.3) is 17.6 Å². The van der Waals surface area contributed by atoms with Crippen LogP contribution in [0.25, 0.3) is 5.78 Å². The van der Waals surface area contributed by atoms with Gasteiger partial charge in [-0.2, -0.15) is 0 Å². The lowest BCUT2D eigenvalue weighted by Gasteiger charge is -2.39. The average molecular weight is 377 g/mol. The summed E-state index contributed by atoms with van der Waals surface area (Å²) in [7, 11) is 0. The van der Waals surface area contributed by atoms with E-state index in [0.717, 1.165) is 0 Å². The van der Waals surface area contributed by atoms with E-state index in [2.05, 4.69) is 9.97 Å². The van der Waals surface area contributed by atoms with E-state index in [1.54, 1.807) is 35.5 Å². The van der Waals surface area contributed by atoms with Gasteiger partial charge in [0.05, 0.1) is 6.20 Å². The van der Waals surface area contributed by atoms with Crippen molar-refractivity contribution < 1.29 is 14.4 Å². The second-order valence-electron chi connectivity index (χ2n) is 6.73. The quantitative estimate of drug-likeness (QED) is 0.507. The molecule has 0 spiro atoms. The van der Waals surface area contributed by atoms with Crippen molar-refractivity contribution >= 4 is 23.4 Å². The highest BCUT2D eigenvalue weighted by molar-refractivity contribution is 6.42. The number of nitrogens with zero attached hydrogens (tertiary/aromatic N) is 5. The van der Waals surface area contributed by atoms with Crippen molar-refractivity contribution in [1.82, 2.24) is 24.2 Å². The molecule has 3 aromatic rings. The molecule has 8 nitrogen and oxygen atoms in total. The minimum absolute atomic E-state index is 0.0706. The molecule has 2 amide bonds. The number of hydrogen-bond acceptors (Lipinski definition) is 5. The van der Waals surface area contributed by atoms with Gasteiger partial charge < -0.3 is 9.80 Å². The van der Waals surface area contributed by atoms with Gasteiger partial charge in [0.15, 0.2) is 0 Å². The summed E-state index contributed by atoms with van der Waals surface area (Å²) < 4.78 is 1.50. The van der Waals surface area contributed by atoms with Crippen LogP contribution < -0.4 is 0 Å². The van der Waals surface area contributed by atoms with Crippen LogP contribution >= 0.6 is 0 Å². The second kappa shape index (κ2) is 7.22. The molecule has 0 N–H and O–H groups in total. The zero-order chi connectivity index (χ0) is 19.7. The van der Waals surface area contributed by atoms with Crippen molar-refractivity contribution in [2.75, 3.05) is 19.6 Å². The molecule has 1 atom stereocenters. The lowest BCUT2D eigenvalue weighted by atomic mass is 10.1. The highest BCUT2D eigenvalue weighted by atomic mass is 16.2. The van der Waals surface area contributed by atoms with Crippen molar-refractivity contribution in [3.8, 4) is 0 Å². The van der Waals surface area contributed by atoms with E-state index in [-0.39, 0.29) is 17.6 Å². The van der Waals surface area contributed by atoms with Gasteiger partial charge in [-0.25, -0.2) is 9.97 Å². The molecule has 1 aromatic carbocycles. The minimum Gasteiger partial charge on any atom is -0.335 e. The number of carbonyl (C=O) groups is 3. The Balaban J connectivity index is 1.48. The van der Waals surface area contributed by atoms with E-state index in [1.807, 2.05) is 25.1 Å². The highest BCUT2D eigenvalue weighted by Gasteiger charge is 2.34. The third-order valence-corrected chi connectivity index (χ3v) is 4.91. The van der Waals surface area contributed by atoms with E-state index in [9.17, 15) is 14.4 Å². The molecule has 8 heteroatoms. The Kier molecular flexibility index (Phi) is 4.60. The summed E-state index contributed by atoms with van der Waals surface area (Å²) in [6.45, 7) is 2.90. The average Bonchev–Trinajstić information content (AvgIpc) is 3.17. The lowest BCUT2D eigenvalue weighted by Crippen LogP contribution is -2.56. The van der Waals surface area contributed by atoms with Gasteiger partial charge in [-0.3, -0.25) is 18.8 Å². The lowest BCUT2D eigenvalue weighted by molar-refractivity contribution is -0.130. The molecule has 1 fully saturated rings. The number of rotatable bonds is 3. The van der Waals surface area contributed by atoms with Gasteiger partial charge in [-0.15, -0.1) is 0 Å². The van der Waals surface area contributed by atoms with Gasteiger partial charge in [-0.05, 0) is 25.1 Å². The van der Waals surface area contributed by atoms with Crippen molar-refractivity contribution in [3.63, 3.8) is 0 Å². The van der Waals surface area contributed by atoms with Crippen molar-refractivity contribution in [2.45, 2.75) is 13.0 Å². The fourth-order valence-corrected chi connectivity index (χ4v) is 3.44. The molecule has 142 valence electrons. The minimum atomic E-state index is -0.629. The zero-order valence-electron chi connectivity index (χ0n) is 15.4. The van der Waals surface area contributed by atoms with E-state index < -0.39 is 11.7 Å². The standard InChI is InChI=1S/C20H19N5O3/c1-14-13-23(18(27)15-6-3-2-4-7-15)10-11-24(14)19(28)17(26)16-12-22-20-21-8-5-9-25(16)20/h2-9,12,14H,10-11,13H2,1H3. The first-order chi connectivity index (χ1) is 13.6. The van der Waals surface area contributed by atoms with Crippen LogP contribution in [0.4, 0.5) is 0 Å². The van der Waals surface area contributed by atoms with E-state index in [0.29, 0.717) is 31.0 Å². The molecular weight excluding hydrogens is 358 g/mol. The first-order valence-electron chi connectivity index (χ1n) is 9.04. The number of Topliss-reactive ketones (excluding diaryl/α,β-unsaturated/α-hetero) is 1. The van der Waals surface area contributed by atoms with Crippen molar-refractivity contribution in [2.24, 2.45) is 0 Å². The number of piperazine rings is 1. The molecule has 2 aromatic heterocycles. The number of aromatic nitrogens is 3. The van der Waals surface area contributed by atoms with Crippen LogP contribution in [0.15, 0.2) is 55.0 Å². The summed E-state index contributed by atoms with van der Waals surface area (Å²) in [6.07, 6.45) is 4.58. The summed E-state index contributed by atoms with van der Waals surface area (Å²) in [5.74, 6) is -0.927. The van der Waals surface area contributed by atoms with Gasteiger partial charge >= 0.3 is 0 Å². The maximum atomic E-state index is 12.8. The largest absolute Gasteiger partial charge is 0.335 e. The predicted octanol–water partition coefficient (Wildman–Crippen LogP) is 1.29. The maximum absolute atomic E-state index is 12.8.